The van der Waals surface area contributed by atoms with Crippen LogP contribution in [0.25, 0.3) is 0 Å². The maximum Gasteiger partial charge on any atom is 0.124 e. The fraction of sp³-hybridized carbons (Fsp3) is 0.200. The van der Waals surface area contributed by atoms with E-state index in [2.05, 4.69) is 37.2 Å². The minimum absolute atomic E-state index is 0.0267. The third-order valence-electron chi connectivity index (χ3n) is 3.01. The Morgan fingerprint density at radius 1 is 1.20 bits per heavy atom. The molecule has 0 radical (unpaired) electrons. The van der Waals surface area contributed by atoms with Gasteiger partial charge in [0.05, 0.1) is 13.2 Å². The molecule has 0 spiro atoms. The van der Waals surface area contributed by atoms with Gasteiger partial charge in [0.1, 0.15) is 5.75 Å². The summed E-state index contributed by atoms with van der Waals surface area (Å²) in [4.78, 5) is 0. The molecule has 3 nitrogen and oxygen atoms in total. The van der Waals surface area contributed by atoms with Gasteiger partial charge in [0.2, 0.25) is 0 Å². The number of rotatable bonds is 5. The van der Waals surface area contributed by atoms with Crippen LogP contribution in [0, 0.1) is 0 Å². The number of nitrogens with two attached hydrogens (primary N) is 1. The Morgan fingerprint density at radius 3 is 2.60 bits per heavy atom. The Balaban J connectivity index is 2.33. The first kappa shape index (κ1) is 15.4. The number of halogens is 2. The number of methoxy groups -OCH3 is 1. The molecule has 0 saturated heterocycles. The summed E-state index contributed by atoms with van der Waals surface area (Å²) >= 11 is 7.02. The van der Waals surface area contributed by atoms with E-state index in [1.165, 1.54) is 0 Å². The summed E-state index contributed by atoms with van der Waals surface area (Å²) in [6.07, 6.45) is 0. The molecule has 0 aromatic heterocycles. The van der Waals surface area contributed by atoms with Crippen LogP contribution in [0.4, 0.5) is 5.69 Å². The SMILES string of the molecule is COc1ccc(Br)cc1C(CN)Nc1ccccc1Br. The summed E-state index contributed by atoms with van der Waals surface area (Å²) < 4.78 is 7.43. The van der Waals surface area contributed by atoms with Crippen molar-refractivity contribution in [3.8, 4) is 5.75 Å². The first-order valence-electron chi connectivity index (χ1n) is 6.20. The first-order valence-corrected chi connectivity index (χ1v) is 7.79. The average molecular weight is 400 g/mol. The highest BCUT2D eigenvalue weighted by Gasteiger charge is 2.16. The standard InChI is InChI=1S/C15H16Br2N2O/c1-20-15-7-6-10(16)8-11(15)14(9-18)19-13-5-3-2-4-12(13)17/h2-8,14,19H,9,18H2,1H3. The Hall–Kier alpha value is -1.04. The van der Waals surface area contributed by atoms with Crippen LogP contribution in [0.1, 0.15) is 11.6 Å². The highest BCUT2D eigenvalue weighted by molar-refractivity contribution is 9.10. The van der Waals surface area contributed by atoms with E-state index in [4.69, 9.17) is 10.5 Å². The van der Waals surface area contributed by atoms with E-state index in [0.29, 0.717) is 6.54 Å². The van der Waals surface area contributed by atoms with Crippen LogP contribution < -0.4 is 15.8 Å². The average Bonchev–Trinajstić information content (AvgIpc) is 2.46. The number of anilines is 1. The number of ether oxygens (including phenoxy) is 1. The second-order valence-electron chi connectivity index (χ2n) is 4.30. The van der Waals surface area contributed by atoms with Crippen LogP contribution >= 0.6 is 31.9 Å². The van der Waals surface area contributed by atoms with Crippen molar-refractivity contribution in [1.29, 1.82) is 0 Å². The lowest BCUT2D eigenvalue weighted by atomic mass is 10.1. The van der Waals surface area contributed by atoms with Crippen LogP contribution in [0.5, 0.6) is 5.75 Å². The molecule has 1 unspecified atom stereocenters. The molecule has 20 heavy (non-hydrogen) atoms. The van der Waals surface area contributed by atoms with E-state index < -0.39 is 0 Å². The fourth-order valence-corrected chi connectivity index (χ4v) is 2.79. The predicted octanol–water partition coefficient (Wildman–Crippen LogP) is 4.33. The normalized spacial score (nSPS) is 12.0. The lowest BCUT2D eigenvalue weighted by Crippen LogP contribution is -2.21. The third-order valence-corrected chi connectivity index (χ3v) is 4.19. The number of para-hydroxylation sites is 1. The van der Waals surface area contributed by atoms with Gasteiger partial charge in [-0.2, -0.15) is 0 Å². The number of benzene rings is 2. The largest absolute Gasteiger partial charge is 0.496 e. The second kappa shape index (κ2) is 7.11. The molecule has 2 aromatic carbocycles. The minimum atomic E-state index is -0.0267. The van der Waals surface area contributed by atoms with E-state index in [1.54, 1.807) is 7.11 Å². The maximum atomic E-state index is 5.93. The third kappa shape index (κ3) is 3.53. The topological polar surface area (TPSA) is 47.3 Å². The Morgan fingerprint density at radius 2 is 1.95 bits per heavy atom. The summed E-state index contributed by atoms with van der Waals surface area (Å²) in [7, 11) is 1.67. The molecule has 0 bridgehead atoms. The van der Waals surface area contributed by atoms with Crippen molar-refractivity contribution in [2.45, 2.75) is 6.04 Å². The first-order chi connectivity index (χ1) is 9.65. The number of hydrogen-bond acceptors (Lipinski definition) is 3. The van der Waals surface area contributed by atoms with Crippen molar-refractivity contribution in [2.75, 3.05) is 19.0 Å². The van der Waals surface area contributed by atoms with Gasteiger partial charge in [-0.25, -0.2) is 0 Å². The molecule has 2 aromatic rings. The highest BCUT2D eigenvalue weighted by atomic mass is 79.9. The van der Waals surface area contributed by atoms with Crippen LogP contribution in [0.3, 0.4) is 0 Å². The van der Waals surface area contributed by atoms with Gasteiger partial charge >= 0.3 is 0 Å². The molecule has 0 aliphatic carbocycles. The van der Waals surface area contributed by atoms with Crippen molar-refractivity contribution >= 4 is 37.5 Å². The molecule has 0 fully saturated rings. The van der Waals surface area contributed by atoms with Gasteiger partial charge in [-0.3, -0.25) is 0 Å². The van der Waals surface area contributed by atoms with Crippen LogP contribution in [-0.2, 0) is 0 Å². The van der Waals surface area contributed by atoms with E-state index >= 15 is 0 Å². The Kier molecular flexibility index (Phi) is 5.46. The van der Waals surface area contributed by atoms with Crippen molar-refractivity contribution < 1.29 is 4.74 Å². The van der Waals surface area contributed by atoms with Gasteiger partial charge in [0.25, 0.3) is 0 Å². The smallest absolute Gasteiger partial charge is 0.124 e. The molecule has 1 atom stereocenters. The second-order valence-corrected chi connectivity index (χ2v) is 6.07. The van der Waals surface area contributed by atoms with E-state index in [9.17, 15) is 0 Å². The maximum absolute atomic E-state index is 5.93. The highest BCUT2D eigenvalue weighted by Crippen LogP contribution is 2.32. The molecule has 3 N–H and O–H groups in total. The monoisotopic (exact) mass is 398 g/mol. The summed E-state index contributed by atoms with van der Waals surface area (Å²) in [6, 6.07) is 13.9. The summed E-state index contributed by atoms with van der Waals surface area (Å²) in [5.74, 6) is 0.822. The molecule has 0 heterocycles. The predicted molar refractivity (Wildman–Crippen MR) is 90.3 cm³/mol. The van der Waals surface area contributed by atoms with Crippen molar-refractivity contribution in [3.63, 3.8) is 0 Å². The van der Waals surface area contributed by atoms with Crippen molar-refractivity contribution in [1.82, 2.24) is 0 Å². The van der Waals surface area contributed by atoms with Crippen LogP contribution in [0.2, 0.25) is 0 Å². The van der Waals surface area contributed by atoms with Crippen molar-refractivity contribution in [3.05, 3.63) is 57.0 Å². The lowest BCUT2D eigenvalue weighted by Gasteiger charge is -2.22. The van der Waals surface area contributed by atoms with Gasteiger partial charge in [0, 0.05) is 26.7 Å². The van der Waals surface area contributed by atoms with E-state index in [-0.39, 0.29) is 6.04 Å². The van der Waals surface area contributed by atoms with Crippen LogP contribution in [0.15, 0.2) is 51.4 Å². The van der Waals surface area contributed by atoms with E-state index in [1.807, 2.05) is 42.5 Å². The zero-order chi connectivity index (χ0) is 14.5. The zero-order valence-electron chi connectivity index (χ0n) is 11.1. The number of nitrogens with one attached hydrogen (secondary N) is 1. The molecule has 5 heteroatoms. The zero-order valence-corrected chi connectivity index (χ0v) is 14.2. The van der Waals surface area contributed by atoms with Gasteiger partial charge in [0.15, 0.2) is 0 Å². The fourth-order valence-electron chi connectivity index (χ4n) is 2.01. The van der Waals surface area contributed by atoms with Gasteiger partial charge in [-0.15, -0.1) is 0 Å². The molecule has 106 valence electrons. The minimum Gasteiger partial charge on any atom is -0.496 e. The summed E-state index contributed by atoms with van der Waals surface area (Å²) in [5, 5.41) is 3.44. The van der Waals surface area contributed by atoms with Crippen molar-refractivity contribution in [2.24, 2.45) is 5.73 Å². The van der Waals surface area contributed by atoms with Gasteiger partial charge in [-0.05, 0) is 46.3 Å². The van der Waals surface area contributed by atoms with Gasteiger partial charge < -0.3 is 15.8 Å². The summed E-state index contributed by atoms with van der Waals surface area (Å²) in [6.45, 7) is 0.466. The quantitative estimate of drug-likeness (QED) is 0.786. The van der Waals surface area contributed by atoms with E-state index in [0.717, 1.165) is 25.9 Å². The number of hydrogen-bond donors (Lipinski definition) is 2. The molecular weight excluding hydrogens is 384 g/mol. The molecule has 0 aliphatic rings. The van der Waals surface area contributed by atoms with Gasteiger partial charge in [-0.1, -0.05) is 28.1 Å². The Bertz CT molecular complexity index is 590. The molecule has 0 saturated carbocycles. The van der Waals surface area contributed by atoms with Crippen LogP contribution in [-0.4, -0.2) is 13.7 Å². The lowest BCUT2D eigenvalue weighted by molar-refractivity contribution is 0.407. The molecule has 0 aliphatic heterocycles. The molecular formula is C15H16Br2N2O. The summed E-state index contributed by atoms with van der Waals surface area (Å²) in [5.41, 5.74) is 7.96. The molecule has 2 rings (SSSR count). The molecule has 0 amide bonds. The Labute approximate surface area is 135 Å².